The smallest absolute Gasteiger partial charge is 0.255 e. The number of amides is 1. The molecule has 1 N–H and O–H groups in total. The van der Waals surface area contributed by atoms with Gasteiger partial charge in [-0.1, -0.05) is 13.8 Å². The fourth-order valence-electron chi connectivity index (χ4n) is 2.81. The Morgan fingerprint density at radius 1 is 1.55 bits per heavy atom. The Kier molecular flexibility index (Phi) is 4.50. The summed E-state index contributed by atoms with van der Waals surface area (Å²) < 4.78 is 5.13. The molecule has 0 radical (unpaired) electrons. The molecule has 6 nitrogen and oxygen atoms in total. The second-order valence-corrected chi connectivity index (χ2v) is 6.37. The first-order valence-corrected chi connectivity index (χ1v) is 7.20. The number of carbonyl (C=O) groups excluding carboxylic acids is 1. The van der Waals surface area contributed by atoms with E-state index in [9.17, 15) is 9.90 Å². The standard InChI is InChI=1S/C16H21N3O3/c1-15(2)10-19(7-6-16(15,21)11-22-3)14(20)12-4-5-13(8-17)18-9-12/h4-5,9,21H,6-7,10-11H2,1-3H3/t16-/m1/s1. The van der Waals surface area contributed by atoms with Gasteiger partial charge in [-0.2, -0.15) is 5.26 Å². The maximum absolute atomic E-state index is 12.5. The number of carbonyl (C=O) groups is 1. The first kappa shape index (κ1) is 16.4. The molecule has 1 aromatic heterocycles. The molecule has 1 aromatic rings. The summed E-state index contributed by atoms with van der Waals surface area (Å²) in [7, 11) is 1.56. The summed E-state index contributed by atoms with van der Waals surface area (Å²) in [5, 5.41) is 19.5. The molecule has 2 rings (SSSR count). The number of hydrogen-bond acceptors (Lipinski definition) is 5. The van der Waals surface area contributed by atoms with Gasteiger partial charge in [-0.15, -0.1) is 0 Å². The molecule has 0 unspecified atom stereocenters. The van der Waals surface area contributed by atoms with Gasteiger partial charge in [0, 0.05) is 31.8 Å². The molecule has 0 aliphatic carbocycles. The molecule has 1 atom stereocenters. The average molecular weight is 303 g/mol. The Morgan fingerprint density at radius 3 is 2.77 bits per heavy atom. The molecule has 0 bridgehead atoms. The highest BCUT2D eigenvalue weighted by Gasteiger charge is 2.48. The van der Waals surface area contributed by atoms with Crippen molar-refractivity contribution in [2.45, 2.75) is 25.9 Å². The molecular weight excluding hydrogens is 282 g/mol. The normalized spacial score (nSPS) is 23.9. The maximum Gasteiger partial charge on any atom is 0.255 e. The van der Waals surface area contributed by atoms with Crippen molar-refractivity contribution >= 4 is 5.91 Å². The molecule has 22 heavy (non-hydrogen) atoms. The van der Waals surface area contributed by atoms with Crippen molar-refractivity contribution in [2.75, 3.05) is 26.8 Å². The molecule has 2 heterocycles. The number of piperidine rings is 1. The number of aromatic nitrogens is 1. The monoisotopic (exact) mass is 303 g/mol. The quantitative estimate of drug-likeness (QED) is 0.906. The lowest BCUT2D eigenvalue weighted by Gasteiger charge is -2.49. The second kappa shape index (κ2) is 6.03. The molecule has 1 amide bonds. The van der Waals surface area contributed by atoms with Crippen LogP contribution < -0.4 is 0 Å². The summed E-state index contributed by atoms with van der Waals surface area (Å²) in [6.45, 7) is 5.01. The van der Waals surface area contributed by atoms with Crippen LogP contribution in [0, 0.1) is 16.7 Å². The van der Waals surface area contributed by atoms with Crippen molar-refractivity contribution in [1.82, 2.24) is 9.88 Å². The van der Waals surface area contributed by atoms with Gasteiger partial charge < -0.3 is 14.7 Å². The van der Waals surface area contributed by atoms with Crippen molar-refractivity contribution < 1.29 is 14.6 Å². The Labute approximate surface area is 130 Å². The van der Waals surface area contributed by atoms with Crippen LogP contribution in [0.2, 0.25) is 0 Å². The molecule has 1 aliphatic rings. The number of aliphatic hydroxyl groups is 1. The predicted molar refractivity (Wildman–Crippen MR) is 80.1 cm³/mol. The summed E-state index contributed by atoms with van der Waals surface area (Å²) in [6, 6.07) is 5.07. The van der Waals surface area contributed by atoms with E-state index in [2.05, 4.69) is 4.98 Å². The van der Waals surface area contributed by atoms with E-state index in [1.807, 2.05) is 19.9 Å². The van der Waals surface area contributed by atoms with E-state index in [1.165, 1.54) is 12.3 Å². The van der Waals surface area contributed by atoms with Gasteiger partial charge in [-0.25, -0.2) is 4.98 Å². The molecule has 0 saturated carbocycles. The van der Waals surface area contributed by atoms with Crippen LogP contribution in [0.4, 0.5) is 0 Å². The van der Waals surface area contributed by atoms with Gasteiger partial charge >= 0.3 is 0 Å². The molecule has 0 spiro atoms. The molecule has 1 aliphatic heterocycles. The number of rotatable bonds is 3. The van der Waals surface area contributed by atoms with Crippen molar-refractivity contribution in [1.29, 1.82) is 5.26 Å². The summed E-state index contributed by atoms with van der Waals surface area (Å²) in [6.07, 6.45) is 1.88. The van der Waals surface area contributed by atoms with Gasteiger partial charge in [0.15, 0.2) is 0 Å². The van der Waals surface area contributed by atoms with Crippen molar-refractivity contribution in [3.63, 3.8) is 0 Å². The van der Waals surface area contributed by atoms with Crippen molar-refractivity contribution in [2.24, 2.45) is 5.41 Å². The Morgan fingerprint density at radius 2 is 2.27 bits per heavy atom. The first-order chi connectivity index (χ1) is 10.3. The van der Waals surface area contributed by atoms with Gasteiger partial charge in [-0.05, 0) is 18.6 Å². The van der Waals surface area contributed by atoms with Crippen LogP contribution in [-0.4, -0.2) is 53.3 Å². The van der Waals surface area contributed by atoms with Gasteiger partial charge in [-0.3, -0.25) is 4.79 Å². The highest BCUT2D eigenvalue weighted by Crippen LogP contribution is 2.39. The highest BCUT2D eigenvalue weighted by atomic mass is 16.5. The largest absolute Gasteiger partial charge is 0.387 e. The zero-order valence-electron chi connectivity index (χ0n) is 13.2. The van der Waals surface area contributed by atoms with E-state index in [-0.39, 0.29) is 18.2 Å². The maximum atomic E-state index is 12.5. The number of ether oxygens (including phenoxy) is 1. The number of pyridine rings is 1. The van der Waals surface area contributed by atoms with Gasteiger partial charge in [0.05, 0.1) is 17.8 Å². The number of likely N-dealkylation sites (tertiary alicyclic amines) is 1. The summed E-state index contributed by atoms with van der Waals surface area (Å²) in [4.78, 5) is 18.2. The fraction of sp³-hybridized carbons (Fsp3) is 0.562. The lowest BCUT2D eigenvalue weighted by Crippen LogP contribution is -2.60. The molecule has 0 aromatic carbocycles. The van der Waals surface area contributed by atoms with Crippen molar-refractivity contribution in [3.05, 3.63) is 29.6 Å². The summed E-state index contributed by atoms with van der Waals surface area (Å²) in [5.41, 5.74) is -0.685. The van der Waals surface area contributed by atoms with E-state index in [4.69, 9.17) is 10.00 Å². The van der Waals surface area contributed by atoms with Gasteiger partial charge in [0.1, 0.15) is 11.8 Å². The van der Waals surface area contributed by atoms with E-state index >= 15 is 0 Å². The SMILES string of the molecule is COC[C@]1(O)CCN(C(=O)c2ccc(C#N)nc2)CC1(C)C. The van der Waals surface area contributed by atoms with Crippen molar-refractivity contribution in [3.8, 4) is 6.07 Å². The number of nitriles is 1. The lowest BCUT2D eigenvalue weighted by molar-refractivity contribution is -0.144. The zero-order valence-corrected chi connectivity index (χ0v) is 13.2. The van der Waals surface area contributed by atoms with Crippen LogP contribution in [0.15, 0.2) is 18.3 Å². The second-order valence-electron chi connectivity index (χ2n) is 6.37. The number of nitrogens with zero attached hydrogens (tertiary/aromatic N) is 3. The van der Waals surface area contributed by atoms with E-state index in [1.54, 1.807) is 18.1 Å². The van der Waals surface area contributed by atoms with Crippen LogP contribution in [0.1, 0.15) is 36.3 Å². The van der Waals surface area contributed by atoms with Crippen LogP contribution >= 0.6 is 0 Å². The number of hydrogen-bond donors (Lipinski definition) is 1. The molecule has 1 fully saturated rings. The Hall–Kier alpha value is -1.97. The number of methoxy groups -OCH3 is 1. The van der Waals surface area contributed by atoms with Crippen LogP contribution in [0.25, 0.3) is 0 Å². The third-order valence-electron chi connectivity index (χ3n) is 4.44. The molecule has 1 saturated heterocycles. The van der Waals surface area contributed by atoms with Gasteiger partial charge in [0.25, 0.3) is 5.91 Å². The molecule has 6 heteroatoms. The zero-order chi connectivity index (χ0) is 16.4. The van der Waals surface area contributed by atoms with Crippen LogP contribution in [0.3, 0.4) is 0 Å². The van der Waals surface area contributed by atoms with E-state index in [0.29, 0.717) is 25.1 Å². The summed E-state index contributed by atoms with van der Waals surface area (Å²) >= 11 is 0. The third kappa shape index (κ3) is 2.96. The highest BCUT2D eigenvalue weighted by molar-refractivity contribution is 5.94. The average Bonchev–Trinajstić information content (AvgIpc) is 2.50. The van der Waals surface area contributed by atoms with Crippen LogP contribution in [0.5, 0.6) is 0 Å². The molecule has 118 valence electrons. The van der Waals surface area contributed by atoms with E-state index < -0.39 is 11.0 Å². The summed E-state index contributed by atoms with van der Waals surface area (Å²) in [5.74, 6) is -0.135. The Balaban J connectivity index is 2.14. The van der Waals surface area contributed by atoms with E-state index in [0.717, 1.165) is 0 Å². The Bertz CT molecular complexity index is 592. The first-order valence-electron chi connectivity index (χ1n) is 7.20. The topological polar surface area (TPSA) is 86.5 Å². The molecular formula is C16H21N3O3. The van der Waals surface area contributed by atoms with Crippen LogP contribution in [-0.2, 0) is 4.74 Å². The van der Waals surface area contributed by atoms with Gasteiger partial charge in [0.2, 0.25) is 0 Å². The minimum Gasteiger partial charge on any atom is -0.387 e. The lowest BCUT2D eigenvalue weighted by atomic mass is 9.70. The fourth-order valence-corrected chi connectivity index (χ4v) is 2.81. The minimum atomic E-state index is -0.943. The minimum absolute atomic E-state index is 0.135. The predicted octanol–water partition coefficient (Wildman–Crippen LogP) is 1.20. The third-order valence-corrected chi connectivity index (χ3v) is 4.44.